The van der Waals surface area contributed by atoms with Crippen LogP contribution in [-0.4, -0.2) is 45.9 Å². The Morgan fingerprint density at radius 1 is 1.25 bits per heavy atom. The van der Waals surface area contributed by atoms with E-state index in [0.717, 1.165) is 55.2 Å². The molecule has 4 rings (SSSR count). The molecule has 7 heteroatoms. The summed E-state index contributed by atoms with van der Waals surface area (Å²) in [5, 5.41) is 25.3. The fraction of sp³-hybridized carbons (Fsp3) is 0.520. The van der Waals surface area contributed by atoms with Gasteiger partial charge in [0.05, 0.1) is 18.8 Å². The summed E-state index contributed by atoms with van der Waals surface area (Å²) in [7, 11) is 0. The first-order valence-corrected chi connectivity index (χ1v) is 11.8. The number of aliphatic hydroxyl groups excluding tert-OH is 1. The molecule has 2 unspecified atom stereocenters. The first-order valence-electron chi connectivity index (χ1n) is 11.8. The topological polar surface area (TPSA) is 86.5 Å². The van der Waals surface area contributed by atoms with E-state index in [1.807, 2.05) is 16.8 Å². The highest BCUT2D eigenvalue weighted by molar-refractivity contribution is 5.61. The maximum absolute atomic E-state index is 9.98. The van der Waals surface area contributed by atoms with Crippen LogP contribution >= 0.6 is 0 Å². The van der Waals surface area contributed by atoms with Gasteiger partial charge < -0.3 is 21.1 Å². The molecule has 2 aromatic heterocycles. The molecule has 0 saturated carbocycles. The number of nitrogens with one attached hydrogen (secondary N) is 3. The average Bonchev–Trinajstić information content (AvgIpc) is 3.46. The lowest BCUT2D eigenvalue weighted by Crippen LogP contribution is -2.35. The minimum Gasteiger partial charge on any atom is -0.396 e. The van der Waals surface area contributed by atoms with Gasteiger partial charge in [-0.1, -0.05) is 57.5 Å². The highest BCUT2D eigenvalue weighted by Crippen LogP contribution is 2.30. The molecule has 32 heavy (non-hydrogen) atoms. The average molecular weight is 437 g/mol. The van der Waals surface area contributed by atoms with Crippen LogP contribution < -0.4 is 16.0 Å². The van der Waals surface area contributed by atoms with Gasteiger partial charge >= 0.3 is 0 Å². The number of benzene rings is 1. The molecule has 0 radical (unpaired) electrons. The molecular formula is C25H36N6O. The molecule has 0 amide bonds. The normalized spacial score (nSPS) is 19.5. The van der Waals surface area contributed by atoms with Gasteiger partial charge in [-0.05, 0) is 30.9 Å². The van der Waals surface area contributed by atoms with Crippen molar-refractivity contribution in [1.29, 1.82) is 0 Å². The first kappa shape index (κ1) is 22.6. The number of aromatic nitrogens is 3. The highest BCUT2D eigenvalue weighted by atomic mass is 16.3. The van der Waals surface area contributed by atoms with E-state index in [9.17, 15) is 5.11 Å². The van der Waals surface area contributed by atoms with Gasteiger partial charge in [0.15, 0.2) is 5.65 Å². The van der Waals surface area contributed by atoms with Crippen LogP contribution in [0.2, 0.25) is 0 Å². The van der Waals surface area contributed by atoms with E-state index in [1.54, 1.807) is 0 Å². The van der Waals surface area contributed by atoms with Crippen LogP contribution in [0.25, 0.3) is 5.65 Å². The zero-order valence-corrected chi connectivity index (χ0v) is 19.4. The van der Waals surface area contributed by atoms with Gasteiger partial charge in [0.2, 0.25) is 0 Å². The smallest absolute Gasteiger partial charge is 0.163 e. The molecule has 0 aliphatic carbocycles. The Labute approximate surface area is 190 Å². The molecule has 7 nitrogen and oxygen atoms in total. The number of nitrogens with zero attached hydrogens (tertiary/aromatic N) is 3. The number of rotatable bonds is 10. The number of hydrogen-bond donors (Lipinski definition) is 4. The Kier molecular flexibility index (Phi) is 6.96. The maximum Gasteiger partial charge on any atom is 0.163 e. The predicted octanol–water partition coefficient (Wildman–Crippen LogP) is 4.19. The zero-order valence-electron chi connectivity index (χ0n) is 19.4. The SMILES string of the molecule is CCCC(Nc1cc(NCC2(CO)CCNC2)nc2c(C(C)C)cnn12)c1ccccc1. The van der Waals surface area contributed by atoms with Crippen molar-refractivity contribution in [3.8, 4) is 0 Å². The van der Waals surface area contributed by atoms with Crippen LogP contribution in [0, 0.1) is 5.41 Å². The number of anilines is 2. The van der Waals surface area contributed by atoms with E-state index in [1.165, 1.54) is 5.56 Å². The third-order valence-electron chi connectivity index (χ3n) is 6.53. The maximum atomic E-state index is 9.98. The van der Waals surface area contributed by atoms with Crippen LogP contribution in [0.3, 0.4) is 0 Å². The van der Waals surface area contributed by atoms with Gasteiger partial charge in [0, 0.05) is 30.1 Å². The summed E-state index contributed by atoms with van der Waals surface area (Å²) in [5.74, 6) is 2.06. The summed E-state index contributed by atoms with van der Waals surface area (Å²) in [6.07, 6.45) is 4.98. The lowest BCUT2D eigenvalue weighted by atomic mass is 9.88. The Hall–Kier alpha value is -2.64. The van der Waals surface area contributed by atoms with E-state index in [-0.39, 0.29) is 18.1 Å². The molecule has 1 aliphatic heterocycles. The van der Waals surface area contributed by atoms with Crippen LogP contribution in [0.15, 0.2) is 42.6 Å². The zero-order chi connectivity index (χ0) is 22.6. The van der Waals surface area contributed by atoms with Gasteiger partial charge in [-0.2, -0.15) is 9.61 Å². The third-order valence-corrected chi connectivity index (χ3v) is 6.53. The molecule has 0 spiro atoms. The van der Waals surface area contributed by atoms with Crippen molar-refractivity contribution in [3.05, 3.63) is 53.7 Å². The summed E-state index contributed by atoms with van der Waals surface area (Å²) in [4.78, 5) is 4.92. The summed E-state index contributed by atoms with van der Waals surface area (Å²) >= 11 is 0. The first-order chi connectivity index (χ1) is 15.5. The summed E-state index contributed by atoms with van der Waals surface area (Å²) in [5.41, 5.74) is 3.12. The summed E-state index contributed by atoms with van der Waals surface area (Å²) in [6.45, 7) is 9.15. The molecular weight excluding hydrogens is 400 g/mol. The Morgan fingerprint density at radius 3 is 2.72 bits per heavy atom. The molecule has 1 saturated heterocycles. The van der Waals surface area contributed by atoms with E-state index in [4.69, 9.17) is 4.98 Å². The van der Waals surface area contributed by atoms with Gasteiger partial charge in [-0.3, -0.25) is 0 Å². The molecule has 1 aliphatic rings. The van der Waals surface area contributed by atoms with Crippen LogP contribution in [-0.2, 0) is 0 Å². The third kappa shape index (κ3) is 4.74. The Balaban J connectivity index is 1.68. The quantitative estimate of drug-likeness (QED) is 0.381. The fourth-order valence-corrected chi connectivity index (χ4v) is 4.47. The van der Waals surface area contributed by atoms with E-state index in [0.29, 0.717) is 12.5 Å². The second kappa shape index (κ2) is 9.88. The highest BCUT2D eigenvalue weighted by Gasteiger charge is 2.33. The van der Waals surface area contributed by atoms with Crippen molar-refractivity contribution >= 4 is 17.3 Å². The van der Waals surface area contributed by atoms with E-state index < -0.39 is 0 Å². The van der Waals surface area contributed by atoms with Crippen molar-refractivity contribution in [2.75, 3.05) is 36.9 Å². The van der Waals surface area contributed by atoms with Crippen molar-refractivity contribution < 1.29 is 5.11 Å². The van der Waals surface area contributed by atoms with Gasteiger partial charge in [0.25, 0.3) is 0 Å². The summed E-state index contributed by atoms with van der Waals surface area (Å²) < 4.78 is 1.92. The van der Waals surface area contributed by atoms with Crippen LogP contribution in [0.4, 0.5) is 11.6 Å². The molecule has 4 N–H and O–H groups in total. The molecule has 3 aromatic rings. The van der Waals surface area contributed by atoms with E-state index in [2.05, 4.69) is 72.2 Å². The van der Waals surface area contributed by atoms with Crippen molar-refractivity contribution in [2.45, 2.75) is 52.0 Å². The van der Waals surface area contributed by atoms with Crippen molar-refractivity contribution in [3.63, 3.8) is 0 Å². The van der Waals surface area contributed by atoms with Crippen LogP contribution in [0.1, 0.15) is 63.1 Å². The lowest BCUT2D eigenvalue weighted by Gasteiger charge is -2.26. The minimum atomic E-state index is -0.142. The second-order valence-corrected chi connectivity index (χ2v) is 9.35. The predicted molar refractivity (Wildman–Crippen MR) is 130 cm³/mol. The summed E-state index contributed by atoms with van der Waals surface area (Å²) in [6, 6.07) is 12.8. The van der Waals surface area contributed by atoms with Gasteiger partial charge in [-0.15, -0.1) is 0 Å². The minimum absolute atomic E-state index is 0.142. The number of fused-ring (bicyclic) bond motifs is 1. The number of aliphatic hydroxyl groups is 1. The largest absolute Gasteiger partial charge is 0.396 e. The lowest BCUT2D eigenvalue weighted by molar-refractivity contribution is 0.154. The van der Waals surface area contributed by atoms with Crippen molar-refractivity contribution in [1.82, 2.24) is 19.9 Å². The standard InChI is InChI=1S/C25H36N6O/c1-4-8-21(19-9-6-5-7-10-19)29-23-13-22(27-16-25(17-32)11-12-26-15-25)30-24-20(18(2)3)14-28-31(23)24/h5-7,9-10,13-14,18,21,26,29,32H,4,8,11-12,15-17H2,1-3H3,(H,27,30). The molecule has 1 fully saturated rings. The fourth-order valence-electron chi connectivity index (χ4n) is 4.47. The van der Waals surface area contributed by atoms with E-state index >= 15 is 0 Å². The molecule has 3 heterocycles. The monoisotopic (exact) mass is 436 g/mol. The molecule has 0 bridgehead atoms. The molecule has 1 aromatic carbocycles. The van der Waals surface area contributed by atoms with Crippen molar-refractivity contribution in [2.24, 2.45) is 5.41 Å². The molecule has 172 valence electrons. The van der Waals surface area contributed by atoms with Gasteiger partial charge in [-0.25, -0.2) is 4.98 Å². The van der Waals surface area contributed by atoms with Crippen LogP contribution in [0.5, 0.6) is 0 Å². The molecule has 2 atom stereocenters. The van der Waals surface area contributed by atoms with Gasteiger partial charge in [0.1, 0.15) is 11.6 Å². The number of hydrogen-bond acceptors (Lipinski definition) is 6. The Bertz CT molecular complexity index is 1010. The second-order valence-electron chi connectivity index (χ2n) is 9.35. The Morgan fingerprint density at radius 2 is 2.06 bits per heavy atom.